The van der Waals surface area contributed by atoms with E-state index in [1.54, 1.807) is 7.11 Å². The summed E-state index contributed by atoms with van der Waals surface area (Å²) in [6, 6.07) is 5.89. The molecule has 0 radical (unpaired) electrons. The summed E-state index contributed by atoms with van der Waals surface area (Å²) in [7, 11) is 1.75. The van der Waals surface area contributed by atoms with E-state index < -0.39 is 0 Å². The highest BCUT2D eigenvalue weighted by molar-refractivity contribution is 9.10. The van der Waals surface area contributed by atoms with E-state index in [2.05, 4.69) is 20.8 Å². The molecule has 1 aliphatic rings. The Hall–Kier alpha value is -1.07. The van der Waals surface area contributed by atoms with E-state index in [0.717, 1.165) is 35.2 Å². The maximum Gasteiger partial charge on any atom is 0.123 e. The van der Waals surface area contributed by atoms with Gasteiger partial charge in [0, 0.05) is 35.9 Å². The summed E-state index contributed by atoms with van der Waals surface area (Å²) >= 11 is 3.45. The van der Waals surface area contributed by atoms with Crippen molar-refractivity contribution in [3.63, 3.8) is 0 Å². The van der Waals surface area contributed by atoms with Gasteiger partial charge in [-0.15, -0.1) is 0 Å². The standard InChI is InChI=1S/C12H16BrN3O/c1-17-9-4-5-16(7-9)8-2-3-10(12(14)15)11(13)6-8/h2-3,6,9H,4-5,7H2,1H3,(H3,14,15). The van der Waals surface area contributed by atoms with Crippen molar-refractivity contribution in [2.24, 2.45) is 5.73 Å². The number of benzene rings is 1. The Morgan fingerprint density at radius 2 is 2.35 bits per heavy atom. The average molecular weight is 298 g/mol. The first-order valence-electron chi connectivity index (χ1n) is 5.53. The number of nitrogens with two attached hydrogens (primary N) is 1. The van der Waals surface area contributed by atoms with Crippen LogP contribution in [0.2, 0.25) is 0 Å². The molecule has 0 amide bonds. The summed E-state index contributed by atoms with van der Waals surface area (Å²) in [5.74, 6) is 0.0830. The fraction of sp³-hybridized carbons (Fsp3) is 0.417. The van der Waals surface area contributed by atoms with Crippen molar-refractivity contribution in [3.8, 4) is 0 Å². The molecule has 1 unspecified atom stereocenters. The first-order chi connectivity index (χ1) is 8.11. The van der Waals surface area contributed by atoms with Gasteiger partial charge in [-0.25, -0.2) is 0 Å². The lowest BCUT2D eigenvalue weighted by atomic mass is 10.2. The van der Waals surface area contributed by atoms with E-state index in [9.17, 15) is 0 Å². The van der Waals surface area contributed by atoms with Gasteiger partial charge in [0.05, 0.1) is 6.10 Å². The molecule has 0 spiro atoms. The average Bonchev–Trinajstić information content (AvgIpc) is 2.76. The Bertz CT molecular complexity index is 436. The summed E-state index contributed by atoms with van der Waals surface area (Å²) in [6.45, 7) is 1.92. The molecule has 0 aliphatic carbocycles. The molecule has 1 aromatic carbocycles. The molecule has 0 bridgehead atoms. The van der Waals surface area contributed by atoms with Gasteiger partial charge >= 0.3 is 0 Å². The summed E-state index contributed by atoms with van der Waals surface area (Å²) in [5.41, 5.74) is 7.35. The summed E-state index contributed by atoms with van der Waals surface area (Å²) < 4.78 is 6.21. The number of anilines is 1. The second kappa shape index (κ2) is 5.06. The smallest absolute Gasteiger partial charge is 0.123 e. The second-order valence-electron chi connectivity index (χ2n) is 4.17. The van der Waals surface area contributed by atoms with Gasteiger partial charge in [-0.05, 0) is 40.5 Å². The second-order valence-corrected chi connectivity index (χ2v) is 5.02. The molecule has 1 atom stereocenters. The number of amidine groups is 1. The van der Waals surface area contributed by atoms with Crippen LogP contribution in [0.3, 0.4) is 0 Å². The molecule has 17 heavy (non-hydrogen) atoms. The number of methoxy groups -OCH3 is 1. The van der Waals surface area contributed by atoms with Gasteiger partial charge in [0.25, 0.3) is 0 Å². The van der Waals surface area contributed by atoms with Crippen LogP contribution in [-0.4, -0.2) is 32.1 Å². The predicted octanol–water partition coefficient (Wildman–Crippen LogP) is 1.96. The number of hydrogen-bond donors (Lipinski definition) is 2. The Kier molecular flexibility index (Phi) is 3.69. The zero-order valence-corrected chi connectivity index (χ0v) is 11.3. The number of hydrogen-bond acceptors (Lipinski definition) is 3. The van der Waals surface area contributed by atoms with Crippen molar-refractivity contribution in [2.75, 3.05) is 25.1 Å². The SMILES string of the molecule is COC1CCN(c2ccc(C(=N)N)c(Br)c2)C1. The molecule has 1 aromatic rings. The van der Waals surface area contributed by atoms with Gasteiger partial charge in [0.1, 0.15) is 5.84 Å². The van der Waals surface area contributed by atoms with Crippen LogP contribution in [0.25, 0.3) is 0 Å². The Balaban J connectivity index is 2.18. The van der Waals surface area contributed by atoms with E-state index >= 15 is 0 Å². The molecular formula is C12H16BrN3O. The number of rotatable bonds is 3. The highest BCUT2D eigenvalue weighted by Crippen LogP contribution is 2.27. The van der Waals surface area contributed by atoms with Crippen molar-refractivity contribution in [1.29, 1.82) is 5.41 Å². The Morgan fingerprint density at radius 1 is 1.59 bits per heavy atom. The third kappa shape index (κ3) is 2.61. The van der Waals surface area contributed by atoms with Crippen LogP contribution >= 0.6 is 15.9 Å². The minimum atomic E-state index is 0.0830. The van der Waals surface area contributed by atoms with E-state index in [1.165, 1.54) is 0 Å². The highest BCUT2D eigenvalue weighted by Gasteiger charge is 2.22. The molecule has 1 heterocycles. The van der Waals surface area contributed by atoms with E-state index in [1.807, 2.05) is 18.2 Å². The molecule has 0 saturated carbocycles. The minimum Gasteiger partial charge on any atom is -0.384 e. The molecule has 3 N–H and O–H groups in total. The Morgan fingerprint density at radius 3 is 2.88 bits per heavy atom. The van der Waals surface area contributed by atoms with Crippen LogP contribution in [0.1, 0.15) is 12.0 Å². The third-order valence-electron chi connectivity index (χ3n) is 3.09. The fourth-order valence-corrected chi connectivity index (χ4v) is 2.65. The maximum atomic E-state index is 7.43. The largest absolute Gasteiger partial charge is 0.384 e. The molecule has 1 saturated heterocycles. The van der Waals surface area contributed by atoms with Crippen molar-refractivity contribution >= 4 is 27.5 Å². The molecule has 1 aliphatic heterocycles. The summed E-state index contributed by atoms with van der Waals surface area (Å²) in [6.07, 6.45) is 1.38. The first-order valence-corrected chi connectivity index (χ1v) is 6.33. The molecule has 1 fully saturated rings. The summed E-state index contributed by atoms with van der Waals surface area (Å²) in [4.78, 5) is 2.28. The lowest BCUT2D eigenvalue weighted by Gasteiger charge is -2.19. The summed E-state index contributed by atoms with van der Waals surface area (Å²) in [5, 5.41) is 7.43. The number of nitrogens with zero attached hydrogens (tertiary/aromatic N) is 1. The van der Waals surface area contributed by atoms with E-state index in [-0.39, 0.29) is 5.84 Å². The zero-order valence-electron chi connectivity index (χ0n) is 9.74. The van der Waals surface area contributed by atoms with E-state index in [4.69, 9.17) is 15.9 Å². The molecule has 92 valence electrons. The van der Waals surface area contributed by atoms with Crippen molar-refractivity contribution in [2.45, 2.75) is 12.5 Å². The number of halogens is 1. The van der Waals surface area contributed by atoms with Crippen LogP contribution in [0.4, 0.5) is 5.69 Å². The van der Waals surface area contributed by atoms with Gasteiger partial charge in [-0.1, -0.05) is 0 Å². The quantitative estimate of drug-likeness (QED) is 0.662. The number of nitrogens with one attached hydrogen (secondary N) is 1. The minimum absolute atomic E-state index is 0.0830. The molecular weight excluding hydrogens is 282 g/mol. The van der Waals surface area contributed by atoms with Crippen LogP contribution in [0.5, 0.6) is 0 Å². The van der Waals surface area contributed by atoms with Gasteiger partial charge < -0.3 is 15.4 Å². The zero-order chi connectivity index (χ0) is 12.4. The van der Waals surface area contributed by atoms with Crippen LogP contribution < -0.4 is 10.6 Å². The van der Waals surface area contributed by atoms with E-state index in [0.29, 0.717) is 6.10 Å². The normalized spacial score (nSPS) is 19.6. The predicted molar refractivity (Wildman–Crippen MR) is 72.8 cm³/mol. The van der Waals surface area contributed by atoms with Gasteiger partial charge in [0.15, 0.2) is 0 Å². The fourth-order valence-electron chi connectivity index (χ4n) is 2.07. The lowest BCUT2D eigenvalue weighted by molar-refractivity contribution is 0.121. The third-order valence-corrected chi connectivity index (χ3v) is 3.74. The van der Waals surface area contributed by atoms with Gasteiger partial charge in [0.2, 0.25) is 0 Å². The first kappa shape index (κ1) is 12.4. The van der Waals surface area contributed by atoms with Crippen LogP contribution in [0, 0.1) is 5.41 Å². The lowest BCUT2D eigenvalue weighted by Crippen LogP contribution is -2.22. The highest BCUT2D eigenvalue weighted by atomic mass is 79.9. The van der Waals surface area contributed by atoms with Crippen LogP contribution in [0.15, 0.2) is 22.7 Å². The van der Waals surface area contributed by atoms with Crippen molar-refractivity contribution in [3.05, 3.63) is 28.2 Å². The molecule has 4 nitrogen and oxygen atoms in total. The number of ether oxygens (including phenoxy) is 1. The van der Waals surface area contributed by atoms with Crippen molar-refractivity contribution in [1.82, 2.24) is 0 Å². The molecule has 5 heteroatoms. The molecule has 2 rings (SSSR count). The van der Waals surface area contributed by atoms with Crippen LogP contribution in [-0.2, 0) is 4.74 Å². The van der Waals surface area contributed by atoms with Crippen molar-refractivity contribution < 1.29 is 4.74 Å². The topological polar surface area (TPSA) is 62.3 Å². The van der Waals surface area contributed by atoms with Gasteiger partial charge in [-0.2, -0.15) is 0 Å². The maximum absolute atomic E-state index is 7.43. The monoisotopic (exact) mass is 297 g/mol. The Labute approximate surface area is 109 Å². The molecule has 0 aromatic heterocycles. The van der Waals surface area contributed by atoms with Gasteiger partial charge in [-0.3, -0.25) is 5.41 Å². The number of nitrogen functional groups attached to an aromatic ring is 1.